The van der Waals surface area contributed by atoms with Crippen molar-refractivity contribution in [3.05, 3.63) is 35.9 Å². The third kappa shape index (κ3) is 1.60. The lowest BCUT2D eigenvalue weighted by Crippen LogP contribution is -2.01. The van der Waals surface area contributed by atoms with Crippen LogP contribution in [0.5, 0.6) is 0 Å². The quantitative estimate of drug-likeness (QED) is 0.723. The normalized spacial score (nSPS) is 15.0. The first-order valence-corrected chi connectivity index (χ1v) is 5.19. The molecule has 2 aromatic heterocycles. The molecule has 1 aliphatic carbocycles. The molecule has 0 aromatic carbocycles. The van der Waals surface area contributed by atoms with Crippen molar-refractivity contribution in [3.63, 3.8) is 0 Å². The molecule has 0 amide bonds. The number of hydrogen-bond donors (Lipinski definition) is 0. The first kappa shape index (κ1) is 9.21. The van der Waals surface area contributed by atoms with Gasteiger partial charge in [0.05, 0.1) is 11.8 Å². The Labute approximate surface area is 92.2 Å². The monoisotopic (exact) mass is 214 g/mol. The summed E-state index contributed by atoms with van der Waals surface area (Å²) in [5.41, 5.74) is 1.71. The third-order valence-electron chi connectivity index (χ3n) is 2.65. The van der Waals surface area contributed by atoms with Gasteiger partial charge in [0.1, 0.15) is 0 Å². The summed E-state index contributed by atoms with van der Waals surface area (Å²) in [6.07, 6.45) is 10.0. The van der Waals surface area contributed by atoms with E-state index in [9.17, 15) is 4.79 Å². The van der Waals surface area contributed by atoms with Crippen LogP contribution in [0.2, 0.25) is 0 Å². The predicted molar refractivity (Wildman–Crippen MR) is 56.5 cm³/mol. The van der Waals surface area contributed by atoms with Crippen molar-refractivity contribution in [2.24, 2.45) is 0 Å². The lowest BCUT2D eigenvalue weighted by atomic mass is 10.2. The zero-order valence-corrected chi connectivity index (χ0v) is 8.58. The maximum atomic E-state index is 10.5. The van der Waals surface area contributed by atoms with Gasteiger partial charge in [-0.05, 0) is 24.3 Å². The molecule has 0 atom stereocenters. The highest BCUT2D eigenvalue weighted by molar-refractivity contribution is 5.73. The lowest BCUT2D eigenvalue weighted by Gasteiger charge is -1.97. The smallest absolute Gasteiger partial charge is 0.250 e. The van der Waals surface area contributed by atoms with Crippen LogP contribution >= 0.6 is 0 Å². The number of carbonyl (C=O) groups excluding carboxylic acids is 1. The summed E-state index contributed by atoms with van der Waals surface area (Å²) in [6.45, 7) is 0. The number of hydrogen-bond acceptors (Lipinski definition) is 4. The Morgan fingerprint density at radius 2 is 2.00 bits per heavy atom. The van der Waals surface area contributed by atoms with Gasteiger partial charge in [0.2, 0.25) is 5.95 Å². The first-order valence-electron chi connectivity index (χ1n) is 5.19. The van der Waals surface area contributed by atoms with Crippen LogP contribution in [0.1, 0.15) is 34.7 Å². The van der Waals surface area contributed by atoms with Crippen LogP contribution < -0.4 is 0 Å². The van der Waals surface area contributed by atoms with E-state index < -0.39 is 0 Å². The highest BCUT2D eigenvalue weighted by atomic mass is 16.1. The van der Waals surface area contributed by atoms with Gasteiger partial charge in [-0.3, -0.25) is 4.79 Å². The Hall–Kier alpha value is -2.04. The first-order chi connectivity index (χ1) is 7.86. The van der Waals surface area contributed by atoms with Crippen molar-refractivity contribution in [1.82, 2.24) is 19.7 Å². The zero-order chi connectivity index (χ0) is 11.0. The summed E-state index contributed by atoms with van der Waals surface area (Å²) in [6, 6.07) is 0. The summed E-state index contributed by atoms with van der Waals surface area (Å²) < 4.78 is 1.64. The summed E-state index contributed by atoms with van der Waals surface area (Å²) in [5, 5.41) is 4.21. The summed E-state index contributed by atoms with van der Waals surface area (Å²) in [5.74, 6) is 1.17. The average molecular weight is 214 g/mol. The van der Waals surface area contributed by atoms with Gasteiger partial charge >= 0.3 is 0 Å². The van der Waals surface area contributed by atoms with Crippen molar-refractivity contribution < 1.29 is 4.79 Å². The van der Waals surface area contributed by atoms with Crippen LogP contribution in [0.15, 0.2) is 24.8 Å². The Kier molecular flexibility index (Phi) is 2.02. The highest BCUT2D eigenvalue weighted by Gasteiger charge is 2.25. The van der Waals surface area contributed by atoms with Crippen LogP contribution in [0, 0.1) is 0 Å². The molecule has 0 saturated heterocycles. The number of carbonyl (C=O) groups is 1. The van der Waals surface area contributed by atoms with E-state index in [-0.39, 0.29) is 0 Å². The van der Waals surface area contributed by atoms with Gasteiger partial charge in [0.15, 0.2) is 6.29 Å². The van der Waals surface area contributed by atoms with Crippen molar-refractivity contribution in [2.45, 2.75) is 18.8 Å². The van der Waals surface area contributed by atoms with E-state index in [2.05, 4.69) is 15.1 Å². The third-order valence-corrected chi connectivity index (χ3v) is 2.65. The van der Waals surface area contributed by atoms with Crippen molar-refractivity contribution in [1.29, 1.82) is 0 Å². The molecule has 16 heavy (non-hydrogen) atoms. The number of rotatable bonds is 3. The maximum Gasteiger partial charge on any atom is 0.250 e. The zero-order valence-electron chi connectivity index (χ0n) is 8.58. The van der Waals surface area contributed by atoms with E-state index >= 15 is 0 Å². The van der Waals surface area contributed by atoms with E-state index in [0.29, 0.717) is 17.4 Å². The molecule has 0 aliphatic heterocycles. The number of nitrogens with zero attached hydrogens (tertiary/aromatic N) is 4. The Balaban J connectivity index is 1.91. The summed E-state index contributed by atoms with van der Waals surface area (Å²) in [4.78, 5) is 18.6. The Morgan fingerprint density at radius 1 is 1.25 bits per heavy atom. The minimum Gasteiger partial charge on any atom is -0.298 e. The molecule has 5 heteroatoms. The molecule has 5 nitrogen and oxygen atoms in total. The van der Waals surface area contributed by atoms with Crippen molar-refractivity contribution in [2.75, 3.05) is 0 Å². The van der Waals surface area contributed by atoms with Crippen LogP contribution in [0.25, 0.3) is 5.95 Å². The highest BCUT2D eigenvalue weighted by Crippen LogP contribution is 2.39. The fraction of sp³-hybridized carbons (Fsp3) is 0.273. The maximum absolute atomic E-state index is 10.5. The van der Waals surface area contributed by atoms with Gasteiger partial charge in [0, 0.05) is 18.6 Å². The molecule has 1 aliphatic rings. The number of aromatic nitrogens is 4. The molecule has 80 valence electrons. The molecule has 3 rings (SSSR count). The Bertz CT molecular complexity index is 513. The van der Waals surface area contributed by atoms with E-state index in [1.807, 2.05) is 12.4 Å². The molecule has 1 fully saturated rings. The van der Waals surface area contributed by atoms with Gasteiger partial charge < -0.3 is 0 Å². The molecule has 0 unspecified atom stereocenters. The van der Waals surface area contributed by atoms with Gasteiger partial charge in [-0.25, -0.2) is 14.6 Å². The van der Waals surface area contributed by atoms with Gasteiger partial charge in [0.25, 0.3) is 0 Å². The topological polar surface area (TPSA) is 60.7 Å². The van der Waals surface area contributed by atoms with Crippen molar-refractivity contribution >= 4 is 6.29 Å². The summed E-state index contributed by atoms with van der Waals surface area (Å²) in [7, 11) is 0. The summed E-state index contributed by atoms with van der Waals surface area (Å²) >= 11 is 0. The van der Waals surface area contributed by atoms with E-state index in [4.69, 9.17) is 0 Å². The fourth-order valence-electron chi connectivity index (χ4n) is 1.58. The van der Waals surface area contributed by atoms with E-state index in [0.717, 1.165) is 6.29 Å². The van der Waals surface area contributed by atoms with Crippen molar-refractivity contribution in [3.8, 4) is 5.95 Å². The molecule has 0 radical (unpaired) electrons. The second-order valence-electron chi connectivity index (χ2n) is 3.93. The Morgan fingerprint density at radius 3 is 2.62 bits per heavy atom. The van der Waals surface area contributed by atoms with E-state index in [1.54, 1.807) is 4.68 Å². The average Bonchev–Trinajstić information content (AvgIpc) is 3.08. The molecule has 2 aromatic rings. The molecular formula is C11H10N4O. The van der Waals surface area contributed by atoms with Crippen LogP contribution in [0.4, 0.5) is 0 Å². The minimum atomic E-state index is 0.471. The molecule has 1 saturated carbocycles. The predicted octanol–water partition coefficient (Wildman–Crippen LogP) is 1.35. The molecule has 2 heterocycles. The van der Waals surface area contributed by atoms with E-state index in [1.165, 1.54) is 30.8 Å². The van der Waals surface area contributed by atoms with Gasteiger partial charge in [-0.1, -0.05) is 0 Å². The molecule has 0 bridgehead atoms. The number of aldehydes is 1. The largest absolute Gasteiger partial charge is 0.298 e. The molecule has 0 N–H and O–H groups in total. The standard InChI is InChI=1S/C11H10N4O/c16-7-8-3-12-11(13-4-8)15-6-10(5-14-15)9-1-2-9/h3-7,9H,1-2H2. The van der Waals surface area contributed by atoms with Gasteiger partial charge in [-0.15, -0.1) is 0 Å². The SMILES string of the molecule is O=Cc1cnc(-n2cc(C3CC3)cn2)nc1. The molecular weight excluding hydrogens is 204 g/mol. The second kappa shape index (κ2) is 3.52. The van der Waals surface area contributed by atoms with Gasteiger partial charge in [-0.2, -0.15) is 5.10 Å². The molecule has 0 spiro atoms. The second-order valence-corrected chi connectivity index (χ2v) is 3.93. The minimum absolute atomic E-state index is 0.471. The van der Waals surface area contributed by atoms with Crippen LogP contribution in [-0.2, 0) is 0 Å². The van der Waals surface area contributed by atoms with Crippen LogP contribution in [0.3, 0.4) is 0 Å². The van der Waals surface area contributed by atoms with Crippen LogP contribution in [-0.4, -0.2) is 26.0 Å². The fourth-order valence-corrected chi connectivity index (χ4v) is 1.58. The lowest BCUT2D eigenvalue weighted by molar-refractivity contribution is 0.112.